The van der Waals surface area contributed by atoms with Crippen molar-refractivity contribution in [3.63, 3.8) is 0 Å². The van der Waals surface area contributed by atoms with E-state index in [0.29, 0.717) is 12.6 Å². The molecule has 1 aromatic rings. The molecule has 2 amide bonds. The zero-order chi connectivity index (χ0) is 12.8. The molecule has 4 heteroatoms. The average molecular weight is 266 g/mol. The molecule has 0 aliphatic heterocycles. The van der Waals surface area contributed by atoms with Crippen molar-refractivity contribution < 1.29 is 4.79 Å². The molecule has 2 N–H and O–H groups in total. The maximum absolute atomic E-state index is 11.8. The fourth-order valence-corrected chi connectivity index (χ4v) is 3.24. The molecule has 3 nitrogen and oxygen atoms in total. The summed E-state index contributed by atoms with van der Waals surface area (Å²) in [6.07, 6.45) is 7.38. The van der Waals surface area contributed by atoms with Gasteiger partial charge in [0.05, 0.1) is 6.54 Å². The van der Waals surface area contributed by atoms with E-state index in [1.807, 2.05) is 0 Å². The number of urea groups is 1. The van der Waals surface area contributed by atoms with Gasteiger partial charge in [-0.3, -0.25) is 0 Å². The van der Waals surface area contributed by atoms with Gasteiger partial charge in [-0.1, -0.05) is 25.7 Å². The monoisotopic (exact) mass is 266 g/mol. The zero-order valence-electron chi connectivity index (χ0n) is 11.0. The molecular weight excluding hydrogens is 244 g/mol. The van der Waals surface area contributed by atoms with Gasteiger partial charge < -0.3 is 10.6 Å². The van der Waals surface area contributed by atoms with Gasteiger partial charge in [0, 0.05) is 15.8 Å². The summed E-state index contributed by atoms with van der Waals surface area (Å²) in [6, 6.07) is 4.52. The fraction of sp³-hybridized carbons (Fsp3) is 0.643. The molecule has 1 aliphatic carbocycles. The molecule has 0 atom stereocenters. The molecule has 0 saturated heterocycles. The molecule has 18 heavy (non-hydrogen) atoms. The largest absolute Gasteiger partial charge is 0.335 e. The van der Waals surface area contributed by atoms with E-state index in [0.717, 1.165) is 12.8 Å². The van der Waals surface area contributed by atoms with Crippen molar-refractivity contribution in [2.45, 2.75) is 58.0 Å². The molecular formula is C14H22N2OS. The van der Waals surface area contributed by atoms with Gasteiger partial charge >= 0.3 is 6.03 Å². The number of carbonyl (C=O) groups is 1. The van der Waals surface area contributed by atoms with Crippen molar-refractivity contribution in [2.24, 2.45) is 0 Å². The van der Waals surface area contributed by atoms with Crippen LogP contribution in [-0.2, 0) is 6.54 Å². The number of nitrogens with one attached hydrogen (secondary N) is 2. The van der Waals surface area contributed by atoms with Crippen molar-refractivity contribution in [1.29, 1.82) is 0 Å². The van der Waals surface area contributed by atoms with E-state index in [9.17, 15) is 4.79 Å². The van der Waals surface area contributed by atoms with Crippen molar-refractivity contribution in [2.75, 3.05) is 0 Å². The molecule has 1 aromatic heterocycles. The number of hydrogen-bond donors (Lipinski definition) is 2. The first kappa shape index (κ1) is 13.4. The number of carbonyl (C=O) groups excluding carboxylic acids is 1. The Labute approximate surface area is 113 Å². The summed E-state index contributed by atoms with van der Waals surface area (Å²) in [4.78, 5) is 14.3. The number of aryl methyl sites for hydroxylation is 1. The van der Waals surface area contributed by atoms with E-state index < -0.39 is 0 Å². The minimum atomic E-state index is -0.0204. The van der Waals surface area contributed by atoms with Gasteiger partial charge in [-0.25, -0.2) is 4.79 Å². The molecule has 0 unspecified atom stereocenters. The standard InChI is InChI=1S/C14H22N2OS/c1-11-8-9-13(18-11)10-15-14(17)16-12-6-4-2-3-5-7-12/h8-9,12H,2-7,10H2,1H3,(H2,15,16,17). The van der Waals surface area contributed by atoms with Gasteiger partial charge in [0.2, 0.25) is 0 Å². The lowest BCUT2D eigenvalue weighted by Crippen LogP contribution is -2.41. The minimum Gasteiger partial charge on any atom is -0.335 e. The SMILES string of the molecule is Cc1ccc(CNC(=O)NC2CCCCCC2)s1. The van der Waals surface area contributed by atoms with Crippen molar-refractivity contribution in [3.8, 4) is 0 Å². The van der Waals surface area contributed by atoms with Crippen molar-refractivity contribution in [1.82, 2.24) is 10.6 Å². The van der Waals surface area contributed by atoms with Crippen LogP contribution in [-0.4, -0.2) is 12.1 Å². The first-order valence-corrected chi connectivity index (χ1v) is 7.65. The van der Waals surface area contributed by atoms with E-state index >= 15 is 0 Å². The van der Waals surface area contributed by atoms with Crippen LogP contribution in [0.1, 0.15) is 48.3 Å². The Hall–Kier alpha value is -1.03. The molecule has 2 rings (SSSR count). The quantitative estimate of drug-likeness (QED) is 0.807. The third-order valence-corrected chi connectivity index (χ3v) is 4.41. The Kier molecular flexibility index (Phi) is 5.05. The number of hydrogen-bond acceptors (Lipinski definition) is 2. The molecule has 0 aromatic carbocycles. The Morgan fingerprint density at radius 2 is 2.00 bits per heavy atom. The van der Waals surface area contributed by atoms with Crippen LogP contribution in [0.2, 0.25) is 0 Å². The fourth-order valence-electron chi connectivity index (χ4n) is 2.41. The van der Waals surface area contributed by atoms with Crippen LogP contribution < -0.4 is 10.6 Å². The Morgan fingerprint density at radius 3 is 2.61 bits per heavy atom. The highest BCUT2D eigenvalue weighted by atomic mass is 32.1. The van der Waals surface area contributed by atoms with Gasteiger partial charge in [-0.15, -0.1) is 11.3 Å². The predicted molar refractivity (Wildman–Crippen MR) is 75.9 cm³/mol. The summed E-state index contributed by atoms with van der Waals surface area (Å²) in [7, 11) is 0. The number of rotatable bonds is 3. The first-order valence-electron chi connectivity index (χ1n) is 6.84. The van der Waals surface area contributed by atoms with Crippen LogP contribution in [0.3, 0.4) is 0 Å². The van der Waals surface area contributed by atoms with Crippen LogP contribution in [0, 0.1) is 6.92 Å². The van der Waals surface area contributed by atoms with E-state index in [1.165, 1.54) is 35.4 Å². The second-order valence-corrected chi connectivity index (χ2v) is 6.40. The lowest BCUT2D eigenvalue weighted by molar-refractivity contribution is 0.235. The van der Waals surface area contributed by atoms with Crippen molar-refractivity contribution >= 4 is 17.4 Å². The van der Waals surface area contributed by atoms with Gasteiger partial charge in [0.1, 0.15) is 0 Å². The summed E-state index contributed by atoms with van der Waals surface area (Å²) >= 11 is 1.74. The second kappa shape index (κ2) is 6.78. The topological polar surface area (TPSA) is 41.1 Å². The Morgan fingerprint density at radius 1 is 1.28 bits per heavy atom. The summed E-state index contributed by atoms with van der Waals surface area (Å²) in [5, 5.41) is 6.03. The van der Waals surface area contributed by atoms with E-state index in [4.69, 9.17) is 0 Å². The molecule has 0 spiro atoms. The van der Waals surface area contributed by atoms with Crippen LogP contribution in [0.25, 0.3) is 0 Å². The smallest absolute Gasteiger partial charge is 0.315 e. The van der Waals surface area contributed by atoms with Crippen LogP contribution in [0.4, 0.5) is 4.79 Å². The number of thiophene rings is 1. The maximum atomic E-state index is 11.8. The summed E-state index contributed by atoms with van der Waals surface area (Å²) < 4.78 is 0. The molecule has 0 radical (unpaired) electrons. The lowest BCUT2D eigenvalue weighted by atomic mass is 10.1. The van der Waals surface area contributed by atoms with E-state index in [-0.39, 0.29) is 6.03 Å². The minimum absolute atomic E-state index is 0.0204. The van der Waals surface area contributed by atoms with Crippen LogP contribution in [0.15, 0.2) is 12.1 Å². The molecule has 1 heterocycles. The van der Waals surface area contributed by atoms with Gasteiger partial charge in [0.15, 0.2) is 0 Å². The maximum Gasteiger partial charge on any atom is 0.315 e. The highest BCUT2D eigenvalue weighted by molar-refractivity contribution is 7.11. The van der Waals surface area contributed by atoms with Gasteiger partial charge in [0.25, 0.3) is 0 Å². The summed E-state index contributed by atoms with van der Waals surface area (Å²) in [5.41, 5.74) is 0. The molecule has 1 aliphatic rings. The predicted octanol–water partition coefficient (Wildman–Crippen LogP) is 3.58. The molecule has 0 bridgehead atoms. The lowest BCUT2D eigenvalue weighted by Gasteiger charge is -2.16. The second-order valence-electron chi connectivity index (χ2n) is 5.03. The third-order valence-electron chi connectivity index (χ3n) is 3.41. The zero-order valence-corrected chi connectivity index (χ0v) is 11.8. The Balaban J connectivity index is 1.71. The van der Waals surface area contributed by atoms with Gasteiger partial charge in [-0.2, -0.15) is 0 Å². The molecule has 1 fully saturated rings. The van der Waals surface area contributed by atoms with Crippen LogP contribution in [0.5, 0.6) is 0 Å². The highest BCUT2D eigenvalue weighted by Crippen LogP contribution is 2.17. The molecule has 100 valence electrons. The number of amides is 2. The average Bonchev–Trinajstić information content (AvgIpc) is 2.60. The molecule has 1 saturated carbocycles. The third kappa shape index (κ3) is 4.33. The van der Waals surface area contributed by atoms with Crippen molar-refractivity contribution in [3.05, 3.63) is 21.9 Å². The van der Waals surface area contributed by atoms with E-state index in [1.54, 1.807) is 11.3 Å². The summed E-state index contributed by atoms with van der Waals surface area (Å²) in [5.74, 6) is 0. The normalized spacial score (nSPS) is 17.2. The first-order chi connectivity index (χ1) is 8.74. The van der Waals surface area contributed by atoms with Gasteiger partial charge in [-0.05, 0) is 31.9 Å². The summed E-state index contributed by atoms with van der Waals surface area (Å²) in [6.45, 7) is 2.72. The van der Waals surface area contributed by atoms with E-state index in [2.05, 4.69) is 29.7 Å². The highest BCUT2D eigenvalue weighted by Gasteiger charge is 2.14. The van der Waals surface area contributed by atoms with Crippen LogP contribution >= 0.6 is 11.3 Å². The Bertz CT molecular complexity index is 381.